The highest BCUT2D eigenvalue weighted by Crippen LogP contribution is 2.34. The summed E-state index contributed by atoms with van der Waals surface area (Å²) in [5.74, 6) is -0.609. The van der Waals surface area contributed by atoms with E-state index in [-0.39, 0.29) is 17.6 Å². The largest absolute Gasteiger partial charge is 0.481 e. The summed E-state index contributed by atoms with van der Waals surface area (Å²) in [6.07, 6.45) is 2.68. The number of rotatable bonds is 4. The number of hydrogen-bond acceptors (Lipinski definition) is 2. The number of carboxylic acid groups (broad SMARTS) is 1. The monoisotopic (exact) mass is 358 g/mol. The predicted molar refractivity (Wildman–Crippen MR) is 76.6 cm³/mol. The van der Waals surface area contributed by atoms with Crippen molar-refractivity contribution >= 4 is 34.3 Å². The van der Waals surface area contributed by atoms with Crippen LogP contribution in [0.5, 0.6) is 0 Å². The maximum absolute atomic E-state index is 12.1. The minimum absolute atomic E-state index is 0.135. The van der Waals surface area contributed by atoms with Gasteiger partial charge < -0.3 is 5.11 Å². The molecule has 4 heteroatoms. The third-order valence-electron chi connectivity index (χ3n) is 3.54. The number of hydrogen-bond donors (Lipinski definition) is 1. The van der Waals surface area contributed by atoms with Crippen LogP contribution in [-0.4, -0.2) is 16.9 Å². The molecule has 1 aromatic carbocycles. The van der Waals surface area contributed by atoms with Crippen molar-refractivity contribution in [3.63, 3.8) is 0 Å². The van der Waals surface area contributed by atoms with Gasteiger partial charge in [0.25, 0.3) is 0 Å². The molecular weight excluding hydrogens is 343 g/mol. The highest BCUT2D eigenvalue weighted by atomic mass is 127. The van der Waals surface area contributed by atoms with Gasteiger partial charge in [-0.15, -0.1) is 0 Å². The van der Waals surface area contributed by atoms with Crippen molar-refractivity contribution in [2.24, 2.45) is 11.8 Å². The van der Waals surface area contributed by atoms with Crippen molar-refractivity contribution in [3.8, 4) is 0 Å². The third-order valence-corrected chi connectivity index (χ3v) is 4.48. The number of carbonyl (C=O) groups excluding carboxylic acids is 1. The SMILES string of the molecule is O=C(CC1CCC(C(=O)O)C1)c1ccccc1I. The smallest absolute Gasteiger partial charge is 0.306 e. The molecule has 0 aromatic heterocycles. The van der Waals surface area contributed by atoms with Crippen LogP contribution in [0.3, 0.4) is 0 Å². The lowest BCUT2D eigenvalue weighted by atomic mass is 9.96. The Balaban J connectivity index is 1.97. The topological polar surface area (TPSA) is 54.4 Å². The zero-order valence-corrected chi connectivity index (χ0v) is 12.1. The van der Waals surface area contributed by atoms with Crippen LogP contribution in [0.2, 0.25) is 0 Å². The number of ketones is 1. The molecule has 18 heavy (non-hydrogen) atoms. The zero-order chi connectivity index (χ0) is 13.1. The molecule has 3 nitrogen and oxygen atoms in total. The average Bonchev–Trinajstić information content (AvgIpc) is 2.78. The fraction of sp³-hybridized carbons (Fsp3) is 0.429. The molecule has 1 fully saturated rings. The normalized spacial score (nSPS) is 22.9. The average molecular weight is 358 g/mol. The first-order valence-corrected chi connectivity index (χ1v) is 7.16. The van der Waals surface area contributed by atoms with Crippen molar-refractivity contribution in [3.05, 3.63) is 33.4 Å². The molecule has 0 heterocycles. The summed E-state index contributed by atoms with van der Waals surface area (Å²) in [4.78, 5) is 23.0. The zero-order valence-electron chi connectivity index (χ0n) is 9.93. The minimum atomic E-state index is -0.723. The molecule has 0 bridgehead atoms. The van der Waals surface area contributed by atoms with Gasteiger partial charge >= 0.3 is 5.97 Å². The number of aliphatic carboxylic acids is 1. The van der Waals surface area contributed by atoms with E-state index < -0.39 is 5.97 Å². The molecular formula is C14H15IO3. The van der Waals surface area contributed by atoms with E-state index in [4.69, 9.17) is 5.11 Å². The molecule has 0 saturated heterocycles. The molecule has 0 amide bonds. The van der Waals surface area contributed by atoms with Crippen LogP contribution in [0.4, 0.5) is 0 Å². The molecule has 1 aliphatic carbocycles. The van der Waals surface area contributed by atoms with Gasteiger partial charge in [-0.1, -0.05) is 18.2 Å². The molecule has 1 aliphatic rings. The summed E-state index contributed by atoms with van der Waals surface area (Å²) < 4.78 is 0.966. The molecule has 1 aromatic rings. The molecule has 2 atom stereocenters. The number of carboxylic acids is 1. The number of halogens is 1. The number of Topliss-reactive ketones (excluding diaryl/α,β-unsaturated/α-hetero) is 1. The lowest BCUT2D eigenvalue weighted by Crippen LogP contribution is -2.11. The van der Waals surface area contributed by atoms with E-state index in [1.807, 2.05) is 24.3 Å². The third kappa shape index (κ3) is 3.10. The molecule has 1 saturated carbocycles. The summed E-state index contributed by atoms with van der Waals surface area (Å²) in [5.41, 5.74) is 0.761. The molecule has 2 rings (SSSR count). The van der Waals surface area contributed by atoms with E-state index in [2.05, 4.69) is 22.6 Å². The first-order valence-electron chi connectivity index (χ1n) is 6.08. The van der Waals surface area contributed by atoms with E-state index in [9.17, 15) is 9.59 Å². The first-order chi connectivity index (χ1) is 8.58. The highest BCUT2D eigenvalue weighted by Gasteiger charge is 2.31. The van der Waals surface area contributed by atoms with Crippen molar-refractivity contribution in [2.75, 3.05) is 0 Å². The summed E-state index contributed by atoms with van der Waals surface area (Å²) in [6.45, 7) is 0. The standard InChI is InChI=1S/C14H15IO3/c15-12-4-2-1-3-11(12)13(16)8-9-5-6-10(7-9)14(17)18/h1-4,9-10H,5-8H2,(H,17,18). The Kier molecular flexibility index (Phi) is 4.37. The van der Waals surface area contributed by atoms with Gasteiger partial charge in [-0.2, -0.15) is 0 Å². The molecule has 2 unspecified atom stereocenters. The van der Waals surface area contributed by atoms with Crippen molar-refractivity contribution in [1.29, 1.82) is 0 Å². The van der Waals surface area contributed by atoms with E-state index in [0.717, 1.165) is 15.6 Å². The minimum Gasteiger partial charge on any atom is -0.481 e. The molecule has 0 radical (unpaired) electrons. The molecule has 0 aliphatic heterocycles. The van der Waals surface area contributed by atoms with Crippen LogP contribution in [0.1, 0.15) is 36.0 Å². The van der Waals surface area contributed by atoms with Crippen LogP contribution in [0, 0.1) is 15.4 Å². The Hall–Kier alpha value is -0.910. The van der Waals surface area contributed by atoms with Crippen LogP contribution in [0.15, 0.2) is 24.3 Å². The quantitative estimate of drug-likeness (QED) is 0.663. The lowest BCUT2D eigenvalue weighted by Gasteiger charge is -2.09. The highest BCUT2D eigenvalue weighted by molar-refractivity contribution is 14.1. The maximum atomic E-state index is 12.1. The van der Waals surface area contributed by atoms with Crippen LogP contribution in [0.25, 0.3) is 0 Å². The Morgan fingerprint density at radius 3 is 2.61 bits per heavy atom. The number of carbonyl (C=O) groups is 2. The van der Waals surface area contributed by atoms with Gasteiger partial charge in [0.15, 0.2) is 5.78 Å². The summed E-state index contributed by atoms with van der Waals surface area (Å²) in [7, 11) is 0. The Morgan fingerprint density at radius 2 is 2.00 bits per heavy atom. The van der Waals surface area contributed by atoms with Crippen molar-refractivity contribution in [2.45, 2.75) is 25.7 Å². The lowest BCUT2D eigenvalue weighted by molar-refractivity contribution is -0.141. The summed E-state index contributed by atoms with van der Waals surface area (Å²) >= 11 is 2.16. The summed E-state index contributed by atoms with van der Waals surface area (Å²) in [6, 6.07) is 7.54. The van der Waals surface area contributed by atoms with Gasteiger partial charge in [0.05, 0.1) is 5.92 Å². The van der Waals surface area contributed by atoms with E-state index in [0.29, 0.717) is 19.3 Å². The van der Waals surface area contributed by atoms with E-state index in [1.54, 1.807) is 0 Å². The molecule has 96 valence electrons. The van der Waals surface area contributed by atoms with Gasteiger partial charge in [-0.25, -0.2) is 0 Å². The van der Waals surface area contributed by atoms with Gasteiger partial charge in [0.2, 0.25) is 0 Å². The Morgan fingerprint density at radius 1 is 1.28 bits per heavy atom. The van der Waals surface area contributed by atoms with Crippen molar-refractivity contribution < 1.29 is 14.7 Å². The second kappa shape index (κ2) is 5.82. The second-order valence-electron chi connectivity index (χ2n) is 4.82. The van der Waals surface area contributed by atoms with Crippen LogP contribution < -0.4 is 0 Å². The van der Waals surface area contributed by atoms with Crippen molar-refractivity contribution in [1.82, 2.24) is 0 Å². The van der Waals surface area contributed by atoms with Crippen LogP contribution in [-0.2, 0) is 4.79 Å². The van der Waals surface area contributed by atoms with Gasteiger partial charge in [-0.3, -0.25) is 9.59 Å². The first kappa shape index (κ1) is 13.5. The van der Waals surface area contributed by atoms with Crippen LogP contribution >= 0.6 is 22.6 Å². The predicted octanol–water partition coefficient (Wildman–Crippen LogP) is 3.36. The van der Waals surface area contributed by atoms with Gasteiger partial charge in [0.1, 0.15) is 0 Å². The van der Waals surface area contributed by atoms with E-state index >= 15 is 0 Å². The summed E-state index contributed by atoms with van der Waals surface area (Å²) in [5, 5.41) is 8.94. The van der Waals surface area contributed by atoms with E-state index in [1.165, 1.54) is 0 Å². The second-order valence-corrected chi connectivity index (χ2v) is 5.98. The Labute approximate surface area is 120 Å². The van der Waals surface area contributed by atoms with Gasteiger partial charge in [-0.05, 0) is 53.8 Å². The molecule has 1 N–H and O–H groups in total. The fourth-order valence-electron chi connectivity index (χ4n) is 2.54. The van der Waals surface area contributed by atoms with Gasteiger partial charge in [0, 0.05) is 15.6 Å². The number of benzene rings is 1. The fourth-order valence-corrected chi connectivity index (χ4v) is 3.23. The molecule has 0 spiro atoms. The Bertz CT molecular complexity index is 470. The maximum Gasteiger partial charge on any atom is 0.306 e.